The molecule has 0 N–H and O–H groups in total. The van der Waals surface area contributed by atoms with E-state index in [9.17, 15) is 4.79 Å². The summed E-state index contributed by atoms with van der Waals surface area (Å²) in [6, 6.07) is 14.4. The Morgan fingerprint density at radius 3 is 2.03 bits per heavy atom. The molecule has 0 aliphatic carbocycles. The van der Waals surface area contributed by atoms with Crippen LogP contribution in [0.5, 0.6) is 17.2 Å². The van der Waals surface area contributed by atoms with E-state index in [0.29, 0.717) is 42.1 Å². The van der Waals surface area contributed by atoms with Crippen LogP contribution in [-0.4, -0.2) is 62.0 Å². The zero-order chi connectivity index (χ0) is 22.1. The number of hydrogen-bond acceptors (Lipinski definition) is 8. The van der Waals surface area contributed by atoms with Crippen molar-refractivity contribution in [2.45, 2.75) is 18.6 Å². The summed E-state index contributed by atoms with van der Waals surface area (Å²) in [5.74, 6) is 1.38. The molecule has 0 saturated carbocycles. The molecule has 1 aliphatic rings. The van der Waals surface area contributed by atoms with Crippen LogP contribution in [0.4, 0.5) is 0 Å². The van der Waals surface area contributed by atoms with Crippen LogP contribution in [0.25, 0.3) is 0 Å². The van der Waals surface area contributed by atoms with E-state index in [0.717, 1.165) is 13.0 Å². The molecule has 1 unspecified atom stereocenters. The molecule has 0 radical (unpaired) electrons. The van der Waals surface area contributed by atoms with Crippen molar-refractivity contribution in [3.05, 3.63) is 54.1 Å². The molecular formula is C22H29O8Si-. The second kappa shape index (κ2) is 11.3. The fourth-order valence-corrected chi connectivity index (χ4v) is 4.93. The van der Waals surface area contributed by atoms with Gasteiger partial charge in [-0.05, 0) is 12.1 Å². The summed E-state index contributed by atoms with van der Waals surface area (Å²) < 4.78 is 38.1. The summed E-state index contributed by atoms with van der Waals surface area (Å²) in [5.41, 5.74) is 0.443. The molecule has 1 aliphatic heterocycles. The fourth-order valence-electron chi connectivity index (χ4n) is 2.98. The predicted octanol–water partition coefficient (Wildman–Crippen LogP) is 3.06. The fraction of sp³-hybridized carbons (Fsp3) is 0.409. The number of esters is 1. The molecule has 3 rings (SSSR count). The first kappa shape index (κ1) is 23.2. The zero-order valence-electron chi connectivity index (χ0n) is 18.1. The Labute approximate surface area is 183 Å². The quantitative estimate of drug-likeness (QED) is 0.152. The van der Waals surface area contributed by atoms with E-state index in [1.54, 1.807) is 69.9 Å². The summed E-state index contributed by atoms with van der Waals surface area (Å²) in [5, 5.41) is 0. The molecule has 8 nitrogen and oxygen atoms in total. The van der Waals surface area contributed by atoms with Gasteiger partial charge in [-0.2, -0.15) is 0 Å². The number of rotatable bonds is 13. The third kappa shape index (κ3) is 7.05. The van der Waals surface area contributed by atoms with Gasteiger partial charge in [-0.1, -0.05) is 0 Å². The second-order valence-electron chi connectivity index (χ2n) is 7.14. The molecule has 0 spiro atoms. The van der Waals surface area contributed by atoms with Gasteiger partial charge in [0.15, 0.2) is 0 Å². The van der Waals surface area contributed by atoms with Crippen LogP contribution in [0.3, 0.4) is 0 Å². The molecule has 0 bridgehead atoms. The first-order valence-electron chi connectivity index (χ1n) is 10.2. The van der Waals surface area contributed by atoms with E-state index in [2.05, 4.69) is 0 Å². The Balaban J connectivity index is 1.42. The van der Waals surface area contributed by atoms with Crippen LogP contribution in [0.15, 0.2) is 48.5 Å². The first-order chi connectivity index (χ1) is 15.1. The molecule has 9 heteroatoms. The van der Waals surface area contributed by atoms with Crippen molar-refractivity contribution in [2.24, 2.45) is 0 Å². The summed E-state index contributed by atoms with van der Waals surface area (Å²) in [7, 11) is 1.93. The van der Waals surface area contributed by atoms with Crippen LogP contribution in [-0.2, 0) is 18.0 Å². The first-order valence-corrected chi connectivity index (χ1v) is 12.4. The summed E-state index contributed by atoms with van der Waals surface area (Å²) >= 11 is 0. The monoisotopic (exact) mass is 449 g/mol. The van der Waals surface area contributed by atoms with Crippen LogP contribution in [0.1, 0.15) is 16.8 Å². The van der Waals surface area contributed by atoms with E-state index < -0.39 is 14.8 Å². The normalized spacial score (nSPS) is 15.9. The van der Waals surface area contributed by atoms with Crippen LogP contribution in [0.2, 0.25) is 6.04 Å². The maximum absolute atomic E-state index is 12.3. The van der Waals surface area contributed by atoms with E-state index >= 15 is 0 Å². The minimum absolute atomic E-state index is 0.188. The van der Waals surface area contributed by atoms with Crippen molar-refractivity contribution < 1.29 is 37.0 Å². The van der Waals surface area contributed by atoms with Crippen molar-refractivity contribution in [1.82, 2.24) is 0 Å². The van der Waals surface area contributed by atoms with Gasteiger partial charge >= 0.3 is 136 Å². The molecule has 1 heterocycles. The van der Waals surface area contributed by atoms with Gasteiger partial charge in [0.25, 0.3) is 0 Å². The third-order valence-corrected chi connectivity index (χ3v) is 8.28. The molecule has 1 saturated heterocycles. The van der Waals surface area contributed by atoms with Crippen LogP contribution in [0, 0.1) is 0 Å². The Bertz CT molecular complexity index is 808. The van der Waals surface area contributed by atoms with Gasteiger partial charge in [0.05, 0.1) is 6.61 Å². The van der Waals surface area contributed by atoms with Crippen molar-refractivity contribution in [3.8, 4) is 17.2 Å². The van der Waals surface area contributed by atoms with Gasteiger partial charge in [-0.3, -0.25) is 0 Å². The molecule has 0 aromatic heterocycles. The minimum atomic E-state index is -2.88. The Kier molecular flexibility index (Phi) is 8.44. The van der Waals surface area contributed by atoms with E-state index in [1.165, 1.54) is 0 Å². The molecule has 170 valence electrons. The number of carbonyl (C=O) groups is 1. The van der Waals surface area contributed by atoms with Crippen molar-refractivity contribution in [1.29, 1.82) is 0 Å². The Morgan fingerprint density at radius 1 is 0.903 bits per heavy atom. The van der Waals surface area contributed by atoms with Gasteiger partial charge in [0.1, 0.15) is 18.5 Å². The average Bonchev–Trinajstić information content (AvgIpc) is 3.64. The summed E-state index contributed by atoms with van der Waals surface area (Å²) in [4.78, 5) is 12.3. The summed E-state index contributed by atoms with van der Waals surface area (Å²) in [6.45, 7) is 1.76. The molecule has 1 fully saturated rings. The van der Waals surface area contributed by atoms with Gasteiger partial charge in [-0.25, -0.2) is 0 Å². The van der Waals surface area contributed by atoms with Crippen molar-refractivity contribution >= 4 is 14.8 Å². The SMILES string of the molecule is CO[SiH-](CCCOc1ccc(OC(=O)c2ccc(OCC3CO3)cc2)cc1)(OC)OC. The molecule has 2 aromatic carbocycles. The van der Waals surface area contributed by atoms with Crippen LogP contribution >= 0.6 is 0 Å². The van der Waals surface area contributed by atoms with Gasteiger partial charge in [0, 0.05) is 0 Å². The van der Waals surface area contributed by atoms with Crippen LogP contribution < -0.4 is 14.2 Å². The molecule has 2 aromatic rings. The second-order valence-corrected chi connectivity index (χ2v) is 10.7. The number of benzene rings is 2. The Morgan fingerprint density at radius 2 is 1.45 bits per heavy atom. The zero-order valence-corrected chi connectivity index (χ0v) is 19.2. The predicted molar refractivity (Wildman–Crippen MR) is 116 cm³/mol. The van der Waals surface area contributed by atoms with Gasteiger partial charge in [0.2, 0.25) is 0 Å². The Hall–Kier alpha value is -2.43. The summed E-state index contributed by atoms with van der Waals surface area (Å²) in [6.07, 6.45) is 0.929. The molecule has 31 heavy (non-hydrogen) atoms. The van der Waals surface area contributed by atoms with E-state index in [1.807, 2.05) is 0 Å². The van der Waals surface area contributed by atoms with Gasteiger partial charge in [-0.15, -0.1) is 0 Å². The number of hydrogen-bond donors (Lipinski definition) is 0. The number of epoxide rings is 1. The van der Waals surface area contributed by atoms with E-state index in [4.69, 9.17) is 32.2 Å². The number of ether oxygens (including phenoxy) is 4. The molecule has 0 amide bonds. The third-order valence-electron chi connectivity index (χ3n) is 5.01. The topological polar surface area (TPSA) is 85.0 Å². The average molecular weight is 450 g/mol. The maximum atomic E-state index is 12.3. The number of carbonyl (C=O) groups excluding carboxylic acids is 1. The standard InChI is InChI=1S/C22H29O8Si/c1-24-31(25-2,26-3)14-4-13-27-18-9-11-20(12-10-18)30-22(23)17-5-7-19(8-6-17)28-15-21-16-29-21/h5-12,21,31H,4,13-16H2,1-3H3/q-1. The van der Waals surface area contributed by atoms with Crippen molar-refractivity contribution in [2.75, 3.05) is 41.2 Å². The molecule has 1 atom stereocenters. The molecular weight excluding hydrogens is 420 g/mol. The van der Waals surface area contributed by atoms with Gasteiger partial charge < -0.3 is 9.47 Å². The van der Waals surface area contributed by atoms with E-state index in [-0.39, 0.29) is 6.10 Å². The van der Waals surface area contributed by atoms with Crippen molar-refractivity contribution in [3.63, 3.8) is 0 Å².